The van der Waals surface area contributed by atoms with E-state index in [4.69, 9.17) is 11.6 Å². The van der Waals surface area contributed by atoms with Gasteiger partial charge in [0.2, 0.25) is 0 Å². The molecule has 1 nitrogen and oxygen atoms in total. The van der Waals surface area contributed by atoms with Crippen LogP contribution < -0.4 is 0 Å². The molecule has 100 valence electrons. The number of allylic oxidation sites excluding steroid dienone is 4. The van der Waals surface area contributed by atoms with Gasteiger partial charge in [-0.1, -0.05) is 34.9 Å². The maximum Gasteiger partial charge on any atom is 0.184 e. The van der Waals surface area contributed by atoms with Crippen molar-refractivity contribution in [2.45, 2.75) is 40.0 Å². The van der Waals surface area contributed by atoms with Crippen molar-refractivity contribution in [3.05, 3.63) is 57.1 Å². The quantitative estimate of drug-likeness (QED) is 0.715. The first-order chi connectivity index (χ1) is 8.80. The molecule has 2 heteroatoms. The first kappa shape index (κ1) is 14.1. The topological polar surface area (TPSA) is 17.1 Å². The number of carbonyl (C=O) groups excluding carboxylic acids is 1. The molecule has 0 atom stereocenters. The van der Waals surface area contributed by atoms with Crippen molar-refractivity contribution in [3.8, 4) is 0 Å². The Hall–Kier alpha value is -1.34. The fourth-order valence-electron chi connectivity index (χ4n) is 2.87. The van der Waals surface area contributed by atoms with Crippen molar-refractivity contribution in [1.82, 2.24) is 0 Å². The fraction of sp³-hybridized carbons (Fsp3) is 0.353. The molecule has 0 radical (unpaired) electrons. The van der Waals surface area contributed by atoms with Crippen molar-refractivity contribution < 1.29 is 4.79 Å². The van der Waals surface area contributed by atoms with E-state index in [1.165, 1.54) is 5.56 Å². The molecule has 0 spiro atoms. The maximum absolute atomic E-state index is 12.2. The van der Waals surface area contributed by atoms with Crippen molar-refractivity contribution in [1.29, 1.82) is 0 Å². The molecule has 2 rings (SSSR count). The Morgan fingerprint density at radius 2 is 1.32 bits per heavy atom. The van der Waals surface area contributed by atoms with Crippen LogP contribution in [0.3, 0.4) is 0 Å². The van der Waals surface area contributed by atoms with Gasteiger partial charge in [-0.3, -0.25) is 4.79 Å². The number of carbonyl (C=O) groups is 1. The van der Waals surface area contributed by atoms with Crippen molar-refractivity contribution in [2.75, 3.05) is 0 Å². The zero-order chi connectivity index (χ0) is 14.4. The van der Waals surface area contributed by atoms with Gasteiger partial charge < -0.3 is 0 Å². The first-order valence-electron chi connectivity index (χ1n) is 6.46. The Labute approximate surface area is 120 Å². The summed E-state index contributed by atoms with van der Waals surface area (Å²) in [5.74, 6) is 0.168. The highest BCUT2D eigenvalue weighted by atomic mass is 35.5. The van der Waals surface area contributed by atoms with E-state index in [1.807, 2.05) is 38.1 Å². The van der Waals surface area contributed by atoms with Crippen LogP contribution in [0.1, 0.15) is 40.2 Å². The predicted octanol–water partition coefficient (Wildman–Crippen LogP) is 4.85. The third-order valence-electron chi connectivity index (χ3n) is 4.73. The van der Waals surface area contributed by atoms with Crippen LogP contribution in [-0.4, -0.2) is 5.78 Å². The second-order valence-corrected chi connectivity index (χ2v) is 5.90. The van der Waals surface area contributed by atoms with Gasteiger partial charge in [-0.25, -0.2) is 0 Å². The normalized spacial score (nSPS) is 19.2. The van der Waals surface area contributed by atoms with Gasteiger partial charge in [0.25, 0.3) is 0 Å². The second-order valence-electron chi connectivity index (χ2n) is 5.46. The summed E-state index contributed by atoms with van der Waals surface area (Å²) < 4.78 is 0. The Balaban J connectivity index is 2.70. The molecule has 19 heavy (non-hydrogen) atoms. The highest BCUT2D eigenvalue weighted by Crippen LogP contribution is 2.45. The van der Waals surface area contributed by atoms with E-state index in [0.29, 0.717) is 0 Å². The Kier molecular flexibility index (Phi) is 3.44. The highest BCUT2D eigenvalue weighted by molar-refractivity contribution is 6.30. The molecule has 1 aliphatic carbocycles. The Morgan fingerprint density at radius 3 is 1.74 bits per heavy atom. The van der Waals surface area contributed by atoms with E-state index in [-0.39, 0.29) is 11.2 Å². The molecule has 1 aromatic rings. The van der Waals surface area contributed by atoms with Crippen LogP contribution in [0.15, 0.2) is 46.6 Å². The predicted molar refractivity (Wildman–Crippen MR) is 80.6 cm³/mol. The number of hydrogen-bond donors (Lipinski definition) is 0. The molecular weight excluding hydrogens is 256 g/mol. The molecule has 0 heterocycles. The van der Waals surface area contributed by atoms with Gasteiger partial charge in [0.05, 0.1) is 0 Å². The summed E-state index contributed by atoms with van der Waals surface area (Å²) in [5.41, 5.74) is 4.94. The zero-order valence-electron chi connectivity index (χ0n) is 12.1. The molecule has 0 aromatic heterocycles. The summed E-state index contributed by atoms with van der Waals surface area (Å²) in [6.07, 6.45) is 0. The monoisotopic (exact) mass is 274 g/mol. The first-order valence-corrected chi connectivity index (χ1v) is 6.84. The molecule has 0 fully saturated rings. The van der Waals surface area contributed by atoms with Crippen LogP contribution >= 0.6 is 11.6 Å². The molecule has 1 aromatic carbocycles. The van der Waals surface area contributed by atoms with E-state index in [9.17, 15) is 4.79 Å². The minimum atomic E-state index is -0.216. The number of benzene rings is 1. The molecule has 1 aliphatic rings. The molecule has 0 aliphatic heterocycles. The summed E-state index contributed by atoms with van der Waals surface area (Å²) in [6, 6.07) is 7.91. The lowest BCUT2D eigenvalue weighted by Gasteiger charge is -2.38. The van der Waals surface area contributed by atoms with E-state index >= 15 is 0 Å². The maximum atomic E-state index is 12.2. The Bertz CT molecular complexity index is 575. The number of halogens is 1. The van der Waals surface area contributed by atoms with Crippen LogP contribution in [0.25, 0.3) is 0 Å². The van der Waals surface area contributed by atoms with Crippen molar-refractivity contribution >= 4 is 17.4 Å². The second kappa shape index (κ2) is 4.64. The lowest BCUT2D eigenvalue weighted by atomic mass is 9.65. The van der Waals surface area contributed by atoms with Gasteiger partial charge in [-0.05, 0) is 63.5 Å². The largest absolute Gasteiger partial charge is 0.289 e. The smallest absolute Gasteiger partial charge is 0.184 e. The minimum absolute atomic E-state index is 0.168. The number of Topliss-reactive ketones (excluding diaryl/α,β-unsaturated/α-hetero) is 1. The summed E-state index contributed by atoms with van der Waals surface area (Å²) in [5, 5.41) is 0.732. The molecule has 0 saturated heterocycles. The number of rotatable bonds is 1. The van der Waals surface area contributed by atoms with Crippen molar-refractivity contribution in [2.24, 2.45) is 0 Å². The van der Waals surface area contributed by atoms with Gasteiger partial charge in [0.15, 0.2) is 5.78 Å². The highest BCUT2D eigenvalue weighted by Gasteiger charge is 2.38. The number of hydrogen-bond acceptors (Lipinski definition) is 1. The van der Waals surface area contributed by atoms with E-state index in [0.717, 1.165) is 27.3 Å². The minimum Gasteiger partial charge on any atom is -0.289 e. The summed E-state index contributed by atoms with van der Waals surface area (Å²) in [4.78, 5) is 12.2. The standard InChI is InChI=1S/C17H19ClO/c1-10-12(3)17(5,13(4)11(2)16(10)19)14-6-8-15(18)9-7-14/h6-9H,1-5H3. The third-order valence-corrected chi connectivity index (χ3v) is 4.98. The lowest BCUT2D eigenvalue weighted by Crippen LogP contribution is -2.32. The van der Waals surface area contributed by atoms with Gasteiger partial charge in [0.1, 0.15) is 0 Å². The average molecular weight is 275 g/mol. The van der Waals surface area contributed by atoms with Crippen LogP contribution in [0.5, 0.6) is 0 Å². The molecule has 0 amide bonds. The van der Waals surface area contributed by atoms with Crippen LogP contribution in [0, 0.1) is 0 Å². The van der Waals surface area contributed by atoms with Gasteiger partial charge in [0, 0.05) is 10.4 Å². The molecular formula is C17H19ClO. The summed E-state index contributed by atoms with van der Waals surface area (Å²) >= 11 is 5.97. The molecule has 0 bridgehead atoms. The van der Waals surface area contributed by atoms with E-state index < -0.39 is 0 Å². The third kappa shape index (κ3) is 1.97. The van der Waals surface area contributed by atoms with Gasteiger partial charge >= 0.3 is 0 Å². The van der Waals surface area contributed by atoms with Gasteiger partial charge in [-0.2, -0.15) is 0 Å². The Morgan fingerprint density at radius 1 is 0.895 bits per heavy atom. The molecule has 0 unspecified atom stereocenters. The van der Waals surface area contributed by atoms with E-state index in [1.54, 1.807) is 0 Å². The average Bonchev–Trinajstić information content (AvgIpc) is 2.41. The number of ketones is 1. The van der Waals surface area contributed by atoms with Crippen LogP contribution in [-0.2, 0) is 10.2 Å². The summed E-state index contributed by atoms with van der Waals surface area (Å²) in [7, 11) is 0. The summed E-state index contributed by atoms with van der Waals surface area (Å²) in [6.45, 7) is 10.1. The molecule has 0 saturated carbocycles. The molecule has 0 N–H and O–H groups in total. The van der Waals surface area contributed by atoms with Crippen LogP contribution in [0.4, 0.5) is 0 Å². The lowest BCUT2D eigenvalue weighted by molar-refractivity contribution is -0.112. The fourth-order valence-corrected chi connectivity index (χ4v) is 3.00. The SMILES string of the molecule is CC1=C(C)C(C)(c2ccc(Cl)cc2)C(C)=C(C)C1=O. The van der Waals surface area contributed by atoms with Gasteiger partial charge in [-0.15, -0.1) is 0 Å². The van der Waals surface area contributed by atoms with Crippen molar-refractivity contribution in [3.63, 3.8) is 0 Å². The van der Waals surface area contributed by atoms with Crippen LogP contribution in [0.2, 0.25) is 5.02 Å². The zero-order valence-corrected chi connectivity index (χ0v) is 12.9. The van der Waals surface area contributed by atoms with E-state index in [2.05, 4.69) is 20.8 Å².